The minimum absolute atomic E-state index is 0.235. The molecule has 1 aliphatic carbocycles. The minimum atomic E-state index is -0.777. The number of carbonyl (C=O) groups is 3. The Morgan fingerprint density at radius 3 is 2.32 bits per heavy atom. The summed E-state index contributed by atoms with van der Waals surface area (Å²) in [7, 11) is 0. The number of amides is 4. The van der Waals surface area contributed by atoms with E-state index in [4.69, 9.17) is 9.47 Å². The molecule has 8 heteroatoms. The predicted molar refractivity (Wildman–Crippen MR) is 126 cm³/mol. The van der Waals surface area contributed by atoms with Gasteiger partial charge in [0, 0.05) is 6.54 Å². The Balaban J connectivity index is 1.08. The van der Waals surface area contributed by atoms with Crippen molar-refractivity contribution < 1.29 is 23.9 Å². The smallest absolute Gasteiger partial charge is 0.325 e. The third kappa shape index (κ3) is 5.87. The average Bonchev–Trinajstić information content (AvgIpc) is 3.41. The zero-order valence-electron chi connectivity index (χ0n) is 19.3. The van der Waals surface area contributed by atoms with Crippen LogP contribution in [0.5, 0.6) is 11.5 Å². The molecule has 0 atom stereocenters. The molecule has 34 heavy (non-hydrogen) atoms. The van der Waals surface area contributed by atoms with Crippen LogP contribution in [0.1, 0.15) is 44.1 Å². The average molecular weight is 466 g/mol. The molecule has 1 saturated heterocycles. The Kier molecular flexibility index (Phi) is 7.67. The van der Waals surface area contributed by atoms with Crippen molar-refractivity contribution in [1.82, 2.24) is 15.5 Å². The lowest BCUT2D eigenvalue weighted by Crippen LogP contribution is -2.45. The fraction of sp³-hybridized carbons (Fsp3) is 0.423. The summed E-state index contributed by atoms with van der Waals surface area (Å²) in [4.78, 5) is 38.0. The number of hydrogen-bond donors (Lipinski definition) is 2. The monoisotopic (exact) mass is 465 g/mol. The van der Waals surface area contributed by atoms with Crippen molar-refractivity contribution in [3.63, 3.8) is 0 Å². The molecule has 1 spiro atoms. The van der Waals surface area contributed by atoms with Gasteiger partial charge in [-0.05, 0) is 55.5 Å². The highest BCUT2D eigenvalue weighted by Crippen LogP contribution is 2.34. The Bertz CT molecular complexity index is 987. The Labute approximate surface area is 199 Å². The molecule has 2 aromatic rings. The summed E-state index contributed by atoms with van der Waals surface area (Å²) in [6, 6.07) is 17.0. The first kappa shape index (κ1) is 23.6. The van der Waals surface area contributed by atoms with Crippen LogP contribution in [-0.2, 0) is 16.2 Å². The van der Waals surface area contributed by atoms with Gasteiger partial charge in [-0.25, -0.2) is 4.79 Å². The molecule has 0 unspecified atom stereocenters. The van der Waals surface area contributed by atoms with Gasteiger partial charge in [0.15, 0.2) is 0 Å². The number of unbranched alkanes of at least 4 members (excludes halogenated alkanes) is 1. The zero-order chi connectivity index (χ0) is 23.8. The van der Waals surface area contributed by atoms with Crippen molar-refractivity contribution >= 4 is 17.8 Å². The number of rotatable bonds is 11. The minimum Gasteiger partial charge on any atom is -0.494 e. The maximum atomic E-state index is 12.6. The lowest BCUT2D eigenvalue weighted by atomic mass is 9.98. The van der Waals surface area contributed by atoms with Crippen LogP contribution in [0.2, 0.25) is 0 Å². The number of hydrogen-bond acceptors (Lipinski definition) is 5. The number of nitrogens with zero attached hydrogens (tertiary/aromatic N) is 1. The summed E-state index contributed by atoms with van der Waals surface area (Å²) < 4.78 is 11.5. The summed E-state index contributed by atoms with van der Waals surface area (Å²) in [6.07, 6.45) is 4.63. The summed E-state index contributed by atoms with van der Waals surface area (Å²) in [5.41, 5.74) is 0.337. The predicted octanol–water partition coefficient (Wildman–Crippen LogP) is 3.41. The third-order valence-electron chi connectivity index (χ3n) is 6.24. The van der Waals surface area contributed by atoms with E-state index in [1.807, 2.05) is 54.6 Å². The van der Waals surface area contributed by atoms with Gasteiger partial charge in [0.2, 0.25) is 5.91 Å². The molecular weight excluding hydrogens is 434 g/mol. The highest BCUT2D eigenvalue weighted by Gasteiger charge is 2.52. The molecule has 0 bridgehead atoms. The van der Waals surface area contributed by atoms with Crippen molar-refractivity contribution in [1.29, 1.82) is 0 Å². The number of imide groups is 1. The second kappa shape index (κ2) is 11.0. The molecule has 2 fully saturated rings. The van der Waals surface area contributed by atoms with Gasteiger partial charge in [-0.1, -0.05) is 43.2 Å². The SMILES string of the molecule is O=C(CN1C(=O)NC2(CCCC2)C1=O)NCCCCOc1ccc(OCc2ccccc2)cc1. The molecule has 0 radical (unpaired) electrons. The Hall–Kier alpha value is -3.55. The molecule has 1 saturated carbocycles. The van der Waals surface area contributed by atoms with E-state index in [2.05, 4.69) is 10.6 Å². The number of benzene rings is 2. The van der Waals surface area contributed by atoms with Gasteiger partial charge in [0.05, 0.1) is 6.61 Å². The molecule has 8 nitrogen and oxygen atoms in total. The van der Waals surface area contributed by atoms with Crippen molar-refractivity contribution in [3.05, 3.63) is 60.2 Å². The lowest BCUT2D eigenvalue weighted by molar-refractivity contribution is -0.134. The van der Waals surface area contributed by atoms with E-state index in [1.54, 1.807) is 0 Å². The third-order valence-corrected chi connectivity index (χ3v) is 6.24. The largest absolute Gasteiger partial charge is 0.494 e. The van der Waals surface area contributed by atoms with E-state index in [1.165, 1.54) is 0 Å². The van der Waals surface area contributed by atoms with Crippen LogP contribution < -0.4 is 20.1 Å². The normalized spacial score (nSPS) is 16.5. The number of ether oxygens (including phenoxy) is 2. The molecule has 2 aromatic carbocycles. The van der Waals surface area contributed by atoms with Crippen molar-refractivity contribution in [2.75, 3.05) is 19.7 Å². The maximum Gasteiger partial charge on any atom is 0.325 e. The summed E-state index contributed by atoms with van der Waals surface area (Å²) in [5.74, 6) is 0.944. The first-order chi connectivity index (χ1) is 16.6. The topological polar surface area (TPSA) is 97.0 Å². The van der Waals surface area contributed by atoms with Gasteiger partial charge in [-0.15, -0.1) is 0 Å². The van der Waals surface area contributed by atoms with Crippen LogP contribution in [0.25, 0.3) is 0 Å². The van der Waals surface area contributed by atoms with Gasteiger partial charge >= 0.3 is 6.03 Å². The lowest BCUT2D eigenvalue weighted by Gasteiger charge is -2.19. The highest BCUT2D eigenvalue weighted by atomic mass is 16.5. The first-order valence-electron chi connectivity index (χ1n) is 11.9. The van der Waals surface area contributed by atoms with Crippen LogP contribution in [0.4, 0.5) is 4.79 Å². The van der Waals surface area contributed by atoms with Crippen molar-refractivity contribution in [2.45, 2.75) is 50.7 Å². The fourth-order valence-electron chi connectivity index (χ4n) is 4.35. The highest BCUT2D eigenvalue weighted by molar-refractivity contribution is 6.09. The molecular formula is C26H31N3O5. The van der Waals surface area contributed by atoms with Crippen LogP contribution in [0.3, 0.4) is 0 Å². The van der Waals surface area contributed by atoms with Crippen LogP contribution in [0.15, 0.2) is 54.6 Å². The van der Waals surface area contributed by atoms with Crippen LogP contribution >= 0.6 is 0 Å². The number of carbonyl (C=O) groups excluding carboxylic acids is 3. The molecule has 2 N–H and O–H groups in total. The van der Waals surface area contributed by atoms with Gasteiger partial charge in [-0.2, -0.15) is 0 Å². The van der Waals surface area contributed by atoms with E-state index < -0.39 is 11.6 Å². The van der Waals surface area contributed by atoms with E-state index >= 15 is 0 Å². The van der Waals surface area contributed by atoms with Crippen LogP contribution in [0, 0.1) is 0 Å². The quantitative estimate of drug-likeness (QED) is 0.392. The molecule has 1 heterocycles. The standard InChI is InChI=1S/C26H31N3O5/c30-23(18-29-24(31)26(28-25(29)32)14-4-5-15-26)27-16-6-7-17-33-21-10-12-22(13-11-21)34-19-20-8-2-1-3-9-20/h1-3,8-13H,4-7,14-19H2,(H,27,30)(H,28,32). The molecule has 2 aliphatic rings. The summed E-state index contributed by atoms with van der Waals surface area (Å²) in [5, 5.41) is 5.56. The number of nitrogens with one attached hydrogen (secondary N) is 2. The summed E-state index contributed by atoms with van der Waals surface area (Å²) in [6.45, 7) is 1.27. The van der Waals surface area contributed by atoms with E-state index in [-0.39, 0.29) is 18.4 Å². The summed E-state index contributed by atoms with van der Waals surface area (Å²) >= 11 is 0. The van der Waals surface area contributed by atoms with Gasteiger partial charge in [-0.3, -0.25) is 14.5 Å². The van der Waals surface area contributed by atoms with Crippen molar-refractivity contribution in [3.8, 4) is 11.5 Å². The van der Waals surface area contributed by atoms with Crippen LogP contribution in [-0.4, -0.2) is 48.0 Å². The zero-order valence-corrected chi connectivity index (χ0v) is 19.3. The Morgan fingerprint density at radius 2 is 1.62 bits per heavy atom. The fourth-order valence-corrected chi connectivity index (χ4v) is 4.35. The molecule has 0 aromatic heterocycles. The van der Waals surface area contributed by atoms with Crippen molar-refractivity contribution in [2.24, 2.45) is 0 Å². The first-order valence-corrected chi connectivity index (χ1v) is 11.9. The van der Waals surface area contributed by atoms with E-state index in [9.17, 15) is 14.4 Å². The van der Waals surface area contributed by atoms with E-state index in [0.29, 0.717) is 32.6 Å². The van der Waals surface area contributed by atoms with Gasteiger partial charge in [0.25, 0.3) is 5.91 Å². The Morgan fingerprint density at radius 1 is 0.941 bits per heavy atom. The molecule has 4 amide bonds. The van der Waals surface area contributed by atoms with Gasteiger partial charge < -0.3 is 20.1 Å². The van der Waals surface area contributed by atoms with E-state index in [0.717, 1.165) is 47.6 Å². The second-order valence-corrected chi connectivity index (χ2v) is 8.76. The maximum absolute atomic E-state index is 12.6. The molecule has 180 valence electrons. The molecule has 1 aliphatic heterocycles. The number of urea groups is 1. The van der Waals surface area contributed by atoms with Gasteiger partial charge in [0.1, 0.15) is 30.2 Å². The molecule has 4 rings (SSSR count). The second-order valence-electron chi connectivity index (χ2n) is 8.76.